The molecule has 1 aliphatic heterocycles. The molecule has 1 aliphatic carbocycles. The van der Waals surface area contributed by atoms with E-state index in [4.69, 9.17) is 4.74 Å². The summed E-state index contributed by atoms with van der Waals surface area (Å²) in [6, 6.07) is 10.3. The number of carbonyl (C=O) groups is 1. The number of hydrogen-bond donors (Lipinski definition) is 0. The van der Waals surface area contributed by atoms with Crippen LogP contribution in [0.3, 0.4) is 0 Å². The largest absolute Gasteiger partial charge is 0.373 e. The molecule has 1 amide bonds. The van der Waals surface area contributed by atoms with Gasteiger partial charge in [0.15, 0.2) is 0 Å². The van der Waals surface area contributed by atoms with Crippen molar-refractivity contribution in [2.24, 2.45) is 13.0 Å². The summed E-state index contributed by atoms with van der Waals surface area (Å²) < 4.78 is 7.83. The number of amides is 1. The first-order valence-electron chi connectivity index (χ1n) is 9.13. The van der Waals surface area contributed by atoms with E-state index in [0.29, 0.717) is 18.4 Å². The quantitative estimate of drug-likeness (QED) is 0.841. The van der Waals surface area contributed by atoms with Gasteiger partial charge in [0.05, 0.1) is 18.9 Å². The molecule has 1 saturated heterocycles. The van der Waals surface area contributed by atoms with Crippen LogP contribution in [0.15, 0.2) is 42.7 Å². The molecule has 1 aromatic heterocycles. The van der Waals surface area contributed by atoms with Crippen molar-refractivity contribution in [2.75, 3.05) is 13.1 Å². The molecule has 2 atom stereocenters. The third kappa shape index (κ3) is 3.76. The van der Waals surface area contributed by atoms with E-state index in [1.54, 1.807) is 0 Å². The van der Waals surface area contributed by atoms with Gasteiger partial charge in [0.25, 0.3) is 0 Å². The standard InChI is InChI=1S/C20H25N3O2/c1-22-13-16(12-21-22)18-11-19(18)20(24)23-9-7-17(8-10-23)25-14-15-5-3-2-4-6-15/h2-6,12-13,17-19H,7-11,14H2,1H3/t18-,19+/m1/s1. The van der Waals surface area contributed by atoms with Crippen LogP contribution in [0.1, 0.15) is 36.3 Å². The van der Waals surface area contributed by atoms with Crippen molar-refractivity contribution < 1.29 is 9.53 Å². The zero-order valence-corrected chi connectivity index (χ0v) is 14.7. The van der Waals surface area contributed by atoms with E-state index in [0.717, 1.165) is 32.4 Å². The van der Waals surface area contributed by atoms with Gasteiger partial charge in [-0.25, -0.2) is 0 Å². The molecule has 5 nitrogen and oxygen atoms in total. The molecule has 132 valence electrons. The lowest BCUT2D eigenvalue weighted by Crippen LogP contribution is -2.41. The van der Waals surface area contributed by atoms with Crippen molar-refractivity contribution in [2.45, 2.75) is 37.9 Å². The van der Waals surface area contributed by atoms with Gasteiger partial charge in [0, 0.05) is 32.3 Å². The highest BCUT2D eigenvalue weighted by Gasteiger charge is 2.46. The predicted octanol–water partition coefficient (Wildman–Crippen LogP) is 2.73. The van der Waals surface area contributed by atoms with Crippen molar-refractivity contribution in [1.29, 1.82) is 0 Å². The maximum atomic E-state index is 12.7. The summed E-state index contributed by atoms with van der Waals surface area (Å²) in [4.78, 5) is 14.7. The van der Waals surface area contributed by atoms with Gasteiger partial charge in [0.2, 0.25) is 5.91 Å². The third-order valence-corrected chi connectivity index (χ3v) is 5.34. The molecule has 2 aliphatic rings. The number of hydrogen-bond acceptors (Lipinski definition) is 3. The van der Waals surface area contributed by atoms with Crippen LogP contribution in [0, 0.1) is 5.92 Å². The van der Waals surface area contributed by atoms with Gasteiger partial charge >= 0.3 is 0 Å². The first-order valence-corrected chi connectivity index (χ1v) is 9.13. The Balaban J connectivity index is 1.23. The van der Waals surface area contributed by atoms with Crippen molar-refractivity contribution in [3.63, 3.8) is 0 Å². The molecule has 25 heavy (non-hydrogen) atoms. The maximum Gasteiger partial charge on any atom is 0.226 e. The second-order valence-electron chi connectivity index (χ2n) is 7.22. The molecule has 2 fully saturated rings. The fraction of sp³-hybridized carbons (Fsp3) is 0.500. The lowest BCUT2D eigenvalue weighted by Gasteiger charge is -2.32. The minimum absolute atomic E-state index is 0.158. The highest BCUT2D eigenvalue weighted by molar-refractivity contribution is 5.83. The highest BCUT2D eigenvalue weighted by atomic mass is 16.5. The summed E-state index contributed by atoms with van der Waals surface area (Å²) in [5, 5.41) is 4.21. The first kappa shape index (κ1) is 16.3. The van der Waals surface area contributed by atoms with E-state index in [9.17, 15) is 4.79 Å². The number of carbonyl (C=O) groups excluding carboxylic acids is 1. The third-order valence-electron chi connectivity index (χ3n) is 5.34. The van der Waals surface area contributed by atoms with E-state index < -0.39 is 0 Å². The predicted molar refractivity (Wildman–Crippen MR) is 94.9 cm³/mol. The lowest BCUT2D eigenvalue weighted by atomic mass is 10.1. The summed E-state index contributed by atoms with van der Waals surface area (Å²) in [5.74, 6) is 0.842. The Bertz CT molecular complexity index is 720. The van der Waals surface area contributed by atoms with E-state index >= 15 is 0 Å². The van der Waals surface area contributed by atoms with Crippen LogP contribution >= 0.6 is 0 Å². The number of ether oxygens (including phenoxy) is 1. The zero-order chi connectivity index (χ0) is 17.2. The van der Waals surface area contributed by atoms with Gasteiger partial charge in [-0.15, -0.1) is 0 Å². The average Bonchev–Trinajstić information content (AvgIpc) is 3.34. The van der Waals surface area contributed by atoms with Crippen LogP contribution in [0.2, 0.25) is 0 Å². The monoisotopic (exact) mass is 339 g/mol. The Morgan fingerprint density at radius 2 is 2.00 bits per heavy atom. The van der Waals surface area contributed by atoms with Crippen LogP contribution in [-0.2, 0) is 23.2 Å². The van der Waals surface area contributed by atoms with Gasteiger partial charge in [-0.2, -0.15) is 5.10 Å². The molecule has 0 unspecified atom stereocenters. The number of rotatable bonds is 5. The van der Waals surface area contributed by atoms with Crippen LogP contribution in [0.25, 0.3) is 0 Å². The first-order chi connectivity index (χ1) is 12.2. The number of nitrogens with zero attached hydrogens (tertiary/aromatic N) is 3. The molecular formula is C20H25N3O2. The Morgan fingerprint density at radius 3 is 2.68 bits per heavy atom. The molecule has 0 bridgehead atoms. The molecule has 5 heteroatoms. The summed E-state index contributed by atoms with van der Waals surface area (Å²) in [5.41, 5.74) is 2.40. The number of piperidine rings is 1. The van der Waals surface area contributed by atoms with Gasteiger partial charge in [-0.3, -0.25) is 9.48 Å². The Labute approximate surface area is 148 Å². The molecular weight excluding hydrogens is 314 g/mol. The minimum Gasteiger partial charge on any atom is -0.373 e. The Kier molecular flexibility index (Phi) is 4.57. The SMILES string of the molecule is Cn1cc([C@H]2C[C@@H]2C(=O)N2CCC(OCc3ccccc3)CC2)cn1. The van der Waals surface area contributed by atoms with Crippen LogP contribution in [0.4, 0.5) is 0 Å². The number of likely N-dealkylation sites (tertiary alicyclic amines) is 1. The minimum atomic E-state index is 0.158. The summed E-state index contributed by atoms with van der Waals surface area (Å²) in [7, 11) is 1.92. The maximum absolute atomic E-state index is 12.7. The molecule has 1 saturated carbocycles. The van der Waals surface area contributed by atoms with Crippen LogP contribution in [0.5, 0.6) is 0 Å². The lowest BCUT2D eigenvalue weighted by molar-refractivity contribution is -0.135. The van der Waals surface area contributed by atoms with Crippen LogP contribution in [-0.4, -0.2) is 39.8 Å². The molecule has 0 N–H and O–H groups in total. The normalized spacial score (nSPS) is 23.6. The molecule has 2 aromatic rings. The van der Waals surface area contributed by atoms with E-state index in [1.165, 1.54) is 11.1 Å². The fourth-order valence-electron chi connectivity index (χ4n) is 3.73. The average molecular weight is 339 g/mol. The smallest absolute Gasteiger partial charge is 0.226 e. The van der Waals surface area contributed by atoms with Gasteiger partial charge < -0.3 is 9.64 Å². The zero-order valence-electron chi connectivity index (χ0n) is 14.7. The molecule has 2 heterocycles. The number of aryl methyl sites for hydroxylation is 1. The summed E-state index contributed by atoms with van der Waals surface area (Å²) >= 11 is 0. The summed E-state index contributed by atoms with van der Waals surface area (Å²) in [6.07, 6.45) is 7.02. The second-order valence-corrected chi connectivity index (χ2v) is 7.22. The van der Waals surface area contributed by atoms with Crippen molar-refractivity contribution >= 4 is 5.91 Å². The van der Waals surface area contributed by atoms with Crippen LogP contribution < -0.4 is 0 Å². The topological polar surface area (TPSA) is 47.4 Å². The van der Waals surface area contributed by atoms with Gasteiger partial charge in [-0.05, 0) is 36.3 Å². The Morgan fingerprint density at radius 1 is 1.24 bits per heavy atom. The van der Waals surface area contributed by atoms with Crippen molar-refractivity contribution in [3.05, 3.63) is 53.9 Å². The van der Waals surface area contributed by atoms with Crippen molar-refractivity contribution in [1.82, 2.24) is 14.7 Å². The number of aromatic nitrogens is 2. The highest BCUT2D eigenvalue weighted by Crippen LogP contribution is 2.48. The van der Waals surface area contributed by atoms with Gasteiger partial charge in [0.1, 0.15) is 0 Å². The number of benzene rings is 1. The molecule has 0 spiro atoms. The molecule has 1 aromatic carbocycles. The van der Waals surface area contributed by atoms with Crippen molar-refractivity contribution in [3.8, 4) is 0 Å². The molecule has 0 radical (unpaired) electrons. The molecule has 4 rings (SSSR count). The van der Waals surface area contributed by atoms with E-state index in [1.807, 2.05) is 47.2 Å². The van der Waals surface area contributed by atoms with Gasteiger partial charge in [-0.1, -0.05) is 30.3 Å². The van der Waals surface area contributed by atoms with E-state index in [-0.39, 0.29) is 12.0 Å². The Hall–Kier alpha value is -2.14. The fourth-order valence-corrected chi connectivity index (χ4v) is 3.73. The second kappa shape index (κ2) is 7.00. The van der Waals surface area contributed by atoms with E-state index in [2.05, 4.69) is 17.2 Å². The summed E-state index contributed by atoms with van der Waals surface area (Å²) in [6.45, 7) is 2.29.